The van der Waals surface area contributed by atoms with Crippen LogP contribution in [0.25, 0.3) is 0 Å². The maximum atomic E-state index is 12.6. The first kappa shape index (κ1) is 15.7. The summed E-state index contributed by atoms with van der Waals surface area (Å²) in [5.41, 5.74) is 1.12. The van der Waals surface area contributed by atoms with Crippen LogP contribution in [-0.4, -0.2) is 31.9 Å². The SMILES string of the molecule is CC1=CCCN(S(=O)(=O)c2ccc(CNC(C)C)s2)C1. The fourth-order valence-electron chi connectivity index (χ4n) is 2.11. The summed E-state index contributed by atoms with van der Waals surface area (Å²) in [6.07, 6.45) is 2.91. The Balaban J connectivity index is 2.12. The molecule has 0 aromatic carbocycles. The Morgan fingerprint density at radius 1 is 1.40 bits per heavy atom. The van der Waals surface area contributed by atoms with Crippen LogP contribution in [0, 0.1) is 0 Å². The average Bonchev–Trinajstić information content (AvgIpc) is 2.86. The molecule has 0 fully saturated rings. The molecular formula is C14H22N2O2S2. The lowest BCUT2D eigenvalue weighted by atomic mass is 10.2. The van der Waals surface area contributed by atoms with E-state index in [1.54, 1.807) is 10.4 Å². The zero-order chi connectivity index (χ0) is 14.8. The Morgan fingerprint density at radius 2 is 2.15 bits per heavy atom. The minimum Gasteiger partial charge on any atom is -0.310 e. The molecular weight excluding hydrogens is 292 g/mol. The number of nitrogens with one attached hydrogen (secondary N) is 1. The number of hydrogen-bond acceptors (Lipinski definition) is 4. The highest BCUT2D eigenvalue weighted by molar-refractivity contribution is 7.91. The van der Waals surface area contributed by atoms with Crippen molar-refractivity contribution in [1.29, 1.82) is 0 Å². The van der Waals surface area contributed by atoms with Gasteiger partial charge in [0.1, 0.15) is 4.21 Å². The number of rotatable bonds is 5. The molecule has 0 amide bonds. The molecule has 1 aromatic rings. The van der Waals surface area contributed by atoms with Crippen LogP contribution in [0.15, 0.2) is 28.0 Å². The zero-order valence-corrected chi connectivity index (χ0v) is 13.9. The Morgan fingerprint density at radius 3 is 2.80 bits per heavy atom. The van der Waals surface area contributed by atoms with Crippen molar-refractivity contribution in [2.75, 3.05) is 13.1 Å². The summed E-state index contributed by atoms with van der Waals surface area (Å²) >= 11 is 1.37. The molecule has 4 nitrogen and oxygen atoms in total. The molecule has 0 bridgehead atoms. The molecule has 2 rings (SSSR count). The van der Waals surface area contributed by atoms with Crippen LogP contribution in [0.4, 0.5) is 0 Å². The summed E-state index contributed by atoms with van der Waals surface area (Å²) < 4.78 is 27.2. The topological polar surface area (TPSA) is 49.4 Å². The lowest BCUT2D eigenvalue weighted by Crippen LogP contribution is -2.34. The lowest BCUT2D eigenvalue weighted by Gasteiger charge is -2.24. The van der Waals surface area contributed by atoms with Crippen LogP contribution < -0.4 is 5.32 Å². The minimum atomic E-state index is -3.33. The van der Waals surface area contributed by atoms with Gasteiger partial charge in [-0.3, -0.25) is 0 Å². The van der Waals surface area contributed by atoms with E-state index in [4.69, 9.17) is 0 Å². The van der Waals surface area contributed by atoms with E-state index in [9.17, 15) is 8.42 Å². The quantitative estimate of drug-likeness (QED) is 0.850. The van der Waals surface area contributed by atoms with Gasteiger partial charge in [0, 0.05) is 30.6 Å². The van der Waals surface area contributed by atoms with Crippen molar-refractivity contribution in [2.45, 2.75) is 44.0 Å². The highest BCUT2D eigenvalue weighted by atomic mass is 32.2. The van der Waals surface area contributed by atoms with E-state index in [0.717, 1.165) is 23.4 Å². The monoisotopic (exact) mass is 314 g/mol. The summed E-state index contributed by atoms with van der Waals surface area (Å²) in [6.45, 7) is 7.95. The van der Waals surface area contributed by atoms with Crippen LogP contribution in [0.1, 0.15) is 32.1 Å². The molecule has 1 aromatic heterocycles. The van der Waals surface area contributed by atoms with Crippen molar-refractivity contribution >= 4 is 21.4 Å². The second-order valence-corrected chi connectivity index (χ2v) is 8.77. The second kappa shape index (κ2) is 6.39. The maximum Gasteiger partial charge on any atom is 0.252 e. The normalized spacial score (nSPS) is 17.5. The van der Waals surface area contributed by atoms with Crippen molar-refractivity contribution < 1.29 is 8.42 Å². The molecule has 2 heterocycles. The standard InChI is InChI=1S/C14H22N2O2S2/c1-11(2)15-9-13-6-7-14(19-13)20(17,18)16-8-4-5-12(3)10-16/h5-7,11,15H,4,8-10H2,1-3H3. The smallest absolute Gasteiger partial charge is 0.252 e. The molecule has 6 heteroatoms. The second-order valence-electron chi connectivity index (χ2n) is 5.43. The summed E-state index contributed by atoms with van der Waals surface area (Å²) in [4.78, 5) is 1.06. The molecule has 20 heavy (non-hydrogen) atoms. The van der Waals surface area contributed by atoms with Crippen molar-refractivity contribution in [2.24, 2.45) is 0 Å². The van der Waals surface area contributed by atoms with E-state index in [0.29, 0.717) is 23.3 Å². The highest BCUT2D eigenvalue weighted by Crippen LogP contribution is 2.27. The van der Waals surface area contributed by atoms with Gasteiger partial charge in [-0.05, 0) is 25.5 Å². The van der Waals surface area contributed by atoms with E-state index >= 15 is 0 Å². The number of sulfonamides is 1. The number of hydrogen-bond donors (Lipinski definition) is 1. The van der Waals surface area contributed by atoms with Gasteiger partial charge >= 0.3 is 0 Å². The molecule has 0 radical (unpaired) electrons. The molecule has 1 aliphatic rings. The first-order valence-corrected chi connectivity index (χ1v) is 9.13. The van der Waals surface area contributed by atoms with Gasteiger partial charge in [-0.15, -0.1) is 11.3 Å². The third kappa shape index (κ3) is 3.69. The number of nitrogens with zero attached hydrogens (tertiary/aromatic N) is 1. The molecule has 0 spiro atoms. The molecule has 0 atom stereocenters. The van der Waals surface area contributed by atoms with Gasteiger partial charge in [0.05, 0.1) is 0 Å². The van der Waals surface area contributed by atoms with E-state index < -0.39 is 10.0 Å². The van der Waals surface area contributed by atoms with Gasteiger partial charge in [0.15, 0.2) is 0 Å². The van der Waals surface area contributed by atoms with Crippen LogP contribution in [0.5, 0.6) is 0 Å². The fraction of sp³-hybridized carbons (Fsp3) is 0.571. The summed E-state index contributed by atoms with van der Waals surface area (Å²) in [5.74, 6) is 0. The van der Waals surface area contributed by atoms with E-state index in [1.807, 2.05) is 13.0 Å². The molecule has 0 saturated heterocycles. The Bertz CT molecular complexity index is 588. The van der Waals surface area contributed by atoms with Gasteiger partial charge in [0.25, 0.3) is 10.0 Å². The lowest BCUT2D eigenvalue weighted by molar-refractivity contribution is 0.429. The molecule has 112 valence electrons. The van der Waals surface area contributed by atoms with Gasteiger partial charge < -0.3 is 5.32 Å². The zero-order valence-electron chi connectivity index (χ0n) is 12.2. The minimum absolute atomic E-state index is 0.395. The van der Waals surface area contributed by atoms with Gasteiger partial charge in [-0.2, -0.15) is 4.31 Å². The Hall–Kier alpha value is -0.690. The Labute approximate surface area is 125 Å². The third-order valence-electron chi connectivity index (χ3n) is 3.21. The predicted octanol–water partition coefficient (Wildman–Crippen LogP) is 2.59. The van der Waals surface area contributed by atoms with Crippen LogP contribution >= 0.6 is 11.3 Å². The average molecular weight is 314 g/mol. The highest BCUT2D eigenvalue weighted by Gasteiger charge is 2.27. The largest absolute Gasteiger partial charge is 0.310 e. The van der Waals surface area contributed by atoms with Gasteiger partial charge in [-0.25, -0.2) is 8.42 Å². The molecule has 1 aliphatic heterocycles. The Kier molecular flexibility index (Phi) is 5.01. The van der Waals surface area contributed by atoms with Crippen molar-refractivity contribution in [3.63, 3.8) is 0 Å². The predicted molar refractivity (Wildman–Crippen MR) is 83.4 cm³/mol. The van der Waals surface area contributed by atoms with Crippen LogP contribution in [0.3, 0.4) is 0 Å². The van der Waals surface area contributed by atoms with Crippen LogP contribution in [-0.2, 0) is 16.6 Å². The molecule has 0 saturated carbocycles. The van der Waals surface area contributed by atoms with Gasteiger partial charge in [0.2, 0.25) is 0 Å². The van der Waals surface area contributed by atoms with Crippen molar-refractivity contribution in [3.05, 3.63) is 28.7 Å². The van der Waals surface area contributed by atoms with Crippen molar-refractivity contribution in [3.8, 4) is 0 Å². The first-order valence-electron chi connectivity index (χ1n) is 6.87. The molecule has 0 aliphatic carbocycles. The maximum absolute atomic E-state index is 12.6. The third-order valence-corrected chi connectivity index (χ3v) is 6.61. The summed E-state index contributed by atoms with van der Waals surface area (Å²) in [5, 5.41) is 3.31. The summed E-state index contributed by atoms with van der Waals surface area (Å²) in [6, 6.07) is 4.02. The van der Waals surface area contributed by atoms with E-state index in [-0.39, 0.29) is 0 Å². The fourth-order valence-corrected chi connectivity index (χ4v) is 5.06. The molecule has 1 N–H and O–H groups in total. The molecule has 0 unspecified atom stereocenters. The van der Waals surface area contributed by atoms with E-state index in [2.05, 4.69) is 25.2 Å². The van der Waals surface area contributed by atoms with Crippen LogP contribution in [0.2, 0.25) is 0 Å². The first-order chi connectivity index (χ1) is 9.39. The summed E-state index contributed by atoms with van der Waals surface area (Å²) in [7, 11) is -3.33. The van der Waals surface area contributed by atoms with E-state index in [1.165, 1.54) is 11.3 Å². The number of thiophene rings is 1. The van der Waals surface area contributed by atoms with Gasteiger partial charge in [-0.1, -0.05) is 25.5 Å². The van der Waals surface area contributed by atoms with Crippen molar-refractivity contribution in [1.82, 2.24) is 9.62 Å².